The minimum atomic E-state index is 0.0217. The molecule has 0 aliphatic heterocycles. The smallest absolute Gasteiger partial charge is 0.230 e. The number of nitrogens with one attached hydrogen (secondary N) is 1. The van der Waals surface area contributed by atoms with Crippen LogP contribution >= 0.6 is 11.8 Å². The second kappa shape index (κ2) is 12.2. The van der Waals surface area contributed by atoms with Crippen LogP contribution in [0, 0.1) is 0 Å². The van der Waals surface area contributed by atoms with Crippen LogP contribution in [0.5, 0.6) is 17.2 Å². The largest absolute Gasteiger partial charge is 0.493 e. The highest BCUT2D eigenvalue weighted by Gasteiger charge is 2.26. The summed E-state index contributed by atoms with van der Waals surface area (Å²) in [5.74, 6) is 2.78. The van der Waals surface area contributed by atoms with E-state index >= 15 is 0 Å². The molecule has 2 aromatic rings. The van der Waals surface area contributed by atoms with Gasteiger partial charge in [-0.05, 0) is 38.3 Å². The van der Waals surface area contributed by atoms with Crippen molar-refractivity contribution in [3.8, 4) is 28.6 Å². The van der Waals surface area contributed by atoms with Gasteiger partial charge >= 0.3 is 0 Å². The molecular formula is C24H36N4O4S. The molecule has 1 saturated carbocycles. The van der Waals surface area contributed by atoms with Crippen molar-refractivity contribution >= 4 is 17.7 Å². The van der Waals surface area contributed by atoms with E-state index < -0.39 is 0 Å². The number of carbonyl (C=O) groups excluding carboxylic acids is 1. The average Bonchev–Trinajstić information content (AvgIpc) is 3.26. The Morgan fingerprint density at radius 2 is 1.79 bits per heavy atom. The van der Waals surface area contributed by atoms with Gasteiger partial charge in [0.05, 0.1) is 27.1 Å². The molecule has 182 valence electrons. The first-order valence-corrected chi connectivity index (χ1v) is 12.7. The zero-order chi connectivity index (χ0) is 23.8. The van der Waals surface area contributed by atoms with Crippen LogP contribution in [0.2, 0.25) is 0 Å². The molecule has 1 unspecified atom stereocenters. The van der Waals surface area contributed by atoms with E-state index in [1.54, 1.807) is 21.3 Å². The normalized spacial score (nSPS) is 15.2. The number of aromatic nitrogens is 3. The Morgan fingerprint density at radius 3 is 2.36 bits per heavy atom. The van der Waals surface area contributed by atoms with Gasteiger partial charge in [0.1, 0.15) is 0 Å². The molecule has 1 heterocycles. The number of rotatable bonds is 11. The summed E-state index contributed by atoms with van der Waals surface area (Å²) >= 11 is 1.44. The second-order valence-electron chi connectivity index (χ2n) is 8.43. The molecule has 1 amide bonds. The van der Waals surface area contributed by atoms with Crippen molar-refractivity contribution in [2.75, 3.05) is 27.1 Å². The molecule has 0 bridgehead atoms. The van der Waals surface area contributed by atoms with Crippen LogP contribution in [-0.4, -0.2) is 53.8 Å². The predicted octanol–water partition coefficient (Wildman–Crippen LogP) is 4.87. The Labute approximate surface area is 200 Å². The van der Waals surface area contributed by atoms with E-state index in [4.69, 9.17) is 14.2 Å². The average molecular weight is 477 g/mol. The Hall–Kier alpha value is -2.42. The molecule has 3 rings (SSSR count). The summed E-state index contributed by atoms with van der Waals surface area (Å²) in [5.41, 5.74) is 0.843. The quantitative estimate of drug-likeness (QED) is 0.463. The van der Waals surface area contributed by atoms with Crippen LogP contribution in [0.3, 0.4) is 0 Å². The Bertz CT molecular complexity index is 902. The van der Waals surface area contributed by atoms with Gasteiger partial charge in [0.2, 0.25) is 11.7 Å². The molecule has 33 heavy (non-hydrogen) atoms. The molecule has 1 aromatic carbocycles. The molecule has 1 atom stereocenters. The fourth-order valence-corrected chi connectivity index (χ4v) is 5.22. The molecule has 8 nitrogen and oxygen atoms in total. The summed E-state index contributed by atoms with van der Waals surface area (Å²) in [7, 11) is 4.80. The van der Waals surface area contributed by atoms with Crippen LogP contribution < -0.4 is 19.5 Å². The maximum Gasteiger partial charge on any atom is 0.230 e. The van der Waals surface area contributed by atoms with Crippen LogP contribution in [0.4, 0.5) is 0 Å². The zero-order valence-corrected chi connectivity index (χ0v) is 21.2. The van der Waals surface area contributed by atoms with Gasteiger partial charge in [-0.3, -0.25) is 9.36 Å². The molecule has 1 fully saturated rings. The Morgan fingerprint density at radius 1 is 1.12 bits per heavy atom. The number of hydrogen-bond donors (Lipinski definition) is 1. The van der Waals surface area contributed by atoms with Crippen LogP contribution in [0.15, 0.2) is 17.3 Å². The maximum atomic E-state index is 12.5. The van der Waals surface area contributed by atoms with Gasteiger partial charge in [-0.2, -0.15) is 0 Å². The molecule has 0 radical (unpaired) electrons. The van der Waals surface area contributed by atoms with Gasteiger partial charge < -0.3 is 19.5 Å². The topological polar surface area (TPSA) is 87.5 Å². The number of benzene rings is 1. The van der Waals surface area contributed by atoms with Gasteiger partial charge in [-0.25, -0.2) is 0 Å². The first-order chi connectivity index (χ1) is 16.0. The van der Waals surface area contributed by atoms with Crippen molar-refractivity contribution in [3.05, 3.63) is 12.1 Å². The highest BCUT2D eigenvalue weighted by Crippen LogP contribution is 2.42. The second-order valence-corrected chi connectivity index (χ2v) is 9.37. The van der Waals surface area contributed by atoms with Gasteiger partial charge in [0, 0.05) is 17.6 Å². The van der Waals surface area contributed by atoms with Crippen molar-refractivity contribution < 1.29 is 19.0 Å². The maximum absolute atomic E-state index is 12.5. The summed E-state index contributed by atoms with van der Waals surface area (Å²) in [4.78, 5) is 12.5. The minimum absolute atomic E-state index is 0.0217. The predicted molar refractivity (Wildman–Crippen MR) is 130 cm³/mol. The number of thioether (sulfide) groups is 1. The van der Waals surface area contributed by atoms with Crippen molar-refractivity contribution in [3.63, 3.8) is 0 Å². The van der Waals surface area contributed by atoms with Crippen LogP contribution in [-0.2, 0) is 4.79 Å². The van der Waals surface area contributed by atoms with E-state index in [1.807, 2.05) is 19.1 Å². The van der Waals surface area contributed by atoms with E-state index in [-0.39, 0.29) is 11.9 Å². The van der Waals surface area contributed by atoms with Gasteiger partial charge in [-0.1, -0.05) is 44.4 Å². The van der Waals surface area contributed by atoms with E-state index in [2.05, 4.69) is 27.0 Å². The number of amides is 1. The number of carbonyl (C=O) groups is 1. The standard InChI is InChI=1S/C24H36N4O4S/c1-6-10-16(2)25-21(29)15-33-24-27-26-23(28(24)18-11-8-7-9-12-18)17-13-19(30-3)22(32-5)20(14-17)31-4/h13-14,16,18H,6-12,15H2,1-5H3,(H,25,29). The minimum Gasteiger partial charge on any atom is -0.493 e. The third kappa shape index (κ3) is 6.13. The first kappa shape index (κ1) is 25.2. The summed E-state index contributed by atoms with van der Waals surface area (Å²) in [6.07, 6.45) is 7.76. The third-order valence-electron chi connectivity index (χ3n) is 5.99. The molecular weight excluding hydrogens is 440 g/mol. The molecule has 1 aromatic heterocycles. The summed E-state index contributed by atoms with van der Waals surface area (Å²) in [6.45, 7) is 4.16. The fraction of sp³-hybridized carbons (Fsp3) is 0.625. The van der Waals surface area contributed by atoms with Crippen LogP contribution in [0.1, 0.15) is 64.8 Å². The number of hydrogen-bond acceptors (Lipinski definition) is 7. The SMILES string of the molecule is CCCC(C)NC(=O)CSc1nnc(-c2cc(OC)c(OC)c(OC)c2)n1C1CCCCC1. The van der Waals surface area contributed by atoms with Gasteiger partial charge in [-0.15, -0.1) is 10.2 Å². The number of ether oxygens (including phenoxy) is 3. The third-order valence-corrected chi connectivity index (χ3v) is 6.93. The van der Waals surface area contributed by atoms with Crippen molar-refractivity contribution in [2.24, 2.45) is 0 Å². The van der Waals surface area contributed by atoms with Crippen molar-refractivity contribution in [2.45, 2.75) is 76.0 Å². The highest BCUT2D eigenvalue weighted by atomic mass is 32.2. The van der Waals surface area contributed by atoms with E-state index in [0.29, 0.717) is 29.0 Å². The molecule has 0 spiro atoms. The first-order valence-electron chi connectivity index (χ1n) is 11.7. The van der Waals surface area contributed by atoms with Gasteiger partial charge in [0.25, 0.3) is 0 Å². The monoisotopic (exact) mass is 476 g/mol. The van der Waals surface area contributed by atoms with E-state index in [1.165, 1.54) is 31.0 Å². The van der Waals surface area contributed by atoms with E-state index in [9.17, 15) is 4.79 Å². The van der Waals surface area contributed by atoms with Crippen molar-refractivity contribution in [1.29, 1.82) is 0 Å². The summed E-state index contributed by atoms with van der Waals surface area (Å²) < 4.78 is 18.8. The van der Waals surface area contributed by atoms with Crippen molar-refractivity contribution in [1.82, 2.24) is 20.1 Å². The lowest BCUT2D eigenvalue weighted by Gasteiger charge is -2.26. The lowest BCUT2D eigenvalue weighted by atomic mass is 9.95. The summed E-state index contributed by atoms with van der Waals surface area (Å²) in [6, 6.07) is 4.28. The molecule has 9 heteroatoms. The van der Waals surface area contributed by atoms with E-state index in [0.717, 1.165) is 42.2 Å². The lowest BCUT2D eigenvalue weighted by molar-refractivity contribution is -0.119. The summed E-state index contributed by atoms with van der Waals surface area (Å²) in [5, 5.41) is 12.9. The Kier molecular flexibility index (Phi) is 9.29. The number of nitrogens with zero attached hydrogens (tertiary/aromatic N) is 3. The van der Waals surface area contributed by atoms with Gasteiger partial charge in [0.15, 0.2) is 22.5 Å². The lowest BCUT2D eigenvalue weighted by Crippen LogP contribution is -2.33. The molecule has 1 N–H and O–H groups in total. The molecule has 1 aliphatic rings. The fourth-order valence-electron chi connectivity index (χ4n) is 4.40. The van der Waals surface area contributed by atoms with Crippen LogP contribution in [0.25, 0.3) is 11.4 Å². The molecule has 1 aliphatic carbocycles. The molecule has 0 saturated heterocycles. The zero-order valence-electron chi connectivity index (χ0n) is 20.3. The highest BCUT2D eigenvalue weighted by molar-refractivity contribution is 7.99. The number of methoxy groups -OCH3 is 3. The Balaban J connectivity index is 1.93.